The predicted octanol–water partition coefficient (Wildman–Crippen LogP) is 2.27. The molecule has 0 radical (unpaired) electrons. The first-order valence-corrected chi connectivity index (χ1v) is 9.20. The fraction of sp³-hybridized carbons (Fsp3) is 0.417. The molecule has 0 aliphatic heterocycles. The molecule has 0 spiro atoms. The van der Waals surface area contributed by atoms with E-state index in [1.54, 1.807) is 26.0 Å². The van der Waals surface area contributed by atoms with Crippen molar-refractivity contribution >= 4 is 47.8 Å². The Morgan fingerprint density at radius 1 is 1.30 bits per heavy atom. The van der Waals surface area contributed by atoms with Gasteiger partial charge in [-0.15, -0.1) is 0 Å². The second kappa shape index (κ2) is 6.55. The predicted molar refractivity (Wildman–Crippen MR) is 86.2 cm³/mol. The van der Waals surface area contributed by atoms with Gasteiger partial charge in [0.2, 0.25) is 10.0 Å². The molecule has 112 valence electrons. The van der Waals surface area contributed by atoms with Crippen LogP contribution in [0.25, 0.3) is 0 Å². The van der Waals surface area contributed by atoms with Gasteiger partial charge >= 0.3 is 0 Å². The number of hydrogen-bond donors (Lipinski definition) is 2. The summed E-state index contributed by atoms with van der Waals surface area (Å²) in [6, 6.07) is 5.27. The molecule has 1 rings (SSSR count). The minimum atomic E-state index is -3.33. The molecule has 0 aromatic heterocycles. The minimum Gasteiger partial charge on any atom is -0.350 e. The van der Waals surface area contributed by atoms with Crippen LogP contribution in [-0.4, -0.2) is 32.7 Å². The zero-order chi connectivity index (χ0) is 15.6. The van der Waals surface area contributed by atoms with Crippen molar-refractivity contribution in [2.45, 2.75) is 19.4 Å². The molecule has 0 bridgehead atoms. The van der Waals surface area contributed by atoms with Crippen molar-refractivity contribution in [2.24, 2.45) is 0 Å². The van der Waals surface area contributed by atoms with Gasteiger partial charge in [0, 0.05) is 21.0 Å². The summed E-state index contributed by atoms with van der Waals surface area (Å²) in [5, 5.41) is 2.71. The lowest BCUT2D eigenvalue weighted by Crippen LogP contribution is -2.51. The molecule has 1 aromatic carbocycles. The highest BCUT2D eigenvalue weighted by atomic mass is 79.9. The normalized spacial score (nSPS) is 12.2. The fourth-order valence-corrected chi connectivity index (χ4v) is 3.47. The highest BCUT2D eigenvalue weighted by molar-refractivity contribution is 9.11. The van der Waals surface area contributed by atoms with Crippen LogP contribution in [0.4, 0.5) is 0 Å². The van der Waals surface area contributed by atoms with Crippen LogP contribution < -0.4 is 10.0 Å². The van der Waals surface area contributed by atoms with Gasteiger partial charge in [0.1, 0.15) is 0 Å². The van der Waals surface area contributed by atoms with Crippen LogP contribution in [0, 0.1) is 0 Å². The number of sulfonamides is 1. The molecule has 1 amide bonds. The maximum Gasteiger partial charge on any atom is 0.252 e. The lowest BCUT2D eigenvalue weighted by molar-refractivity contribution is 0.0943. The molecule has 0 fully saturated rings. The van der Waals surface area contributed by atoms with E-state index in [-0.39, 0.29) is 12.5 Å². The zero-order valence-electron chi connectivity index (χ0n) is 11.3. The van der Waals surface area contributed by atoms with Gasteiger partial charge < -0.3 is 5.32 Å². The maximum absolute atomic E-state index is 12.1. The van der Waals surface area contributed by atoms with Gasteiger partial charge in [-0.2, -0.15) is 0 Å². The van der Waals surface area contributed by atoms with E-state index in [0.717, 1.165) is 10.7 Å². The average Bonchev–Trinajstić information content (AvgIpc) is 2.26. The third kappa shape index (κ3) is 5.90. The van der Waals surface area contributed by atoms with Crippen molar-refractivity contribution in [1.29, 1.82) is 0 Å². The second-order valence-corrected chi connectivity index (χ2v) is 8.58. The summed E-state index contributed by atoms with van der Waals surface area (Å²) in [5.74, 6) is -0.276. The molecular formula is C12H16Br2N2O3S. The van der Waals surface area contributed by atoms with Gasteiger partial charge in [0.25, 0.3) is 5.91 Å². The Labute approximate surface area is 135 Å². The lowest BCUT2D eigenvalue weighted by atomic mass is 10.1. The number of halogens is 2. The topological polar surface area (TPSA) is 75.3 Å². The van der Waals surface area contributed by atoms with E-state index in [2.05, 4.69) is 41.9 Å². The van der Waals surface area contributed by atoms with Crippen LogP contribution >= 0.6 is 31.9 Å². The molecule has 0 heterocycles. The Balaban J connectivity index is 2.75. The van der Waals surface area contributed by atoms with Crippen molar-refractivity contribution in [3.63, 3.8) is 0 Å². The van der Waals surface area contributed by atoms with Crippen molar-refractivity contribution < 1.29 is 13.2 Å². The van der Waals surface area contributed by atoms with E-state index in [4.69, 9.17) is 0 Å². The Kier molecular flexibility index (Phi) is 5.77. The van der Waals surface area contributed by atoms with Crippen molar-refractivity contribution in [1.82, 2.24) is 10.0 Å². The van der Waals surface area contributed by atoms with Crippen LogP contribution in [0.2, 0.25) is 0 Å². The molecule has 8 heteroatoms. The zero-order valence-corrected chi connectivity index (χ0v) is 15.3. The highest BCUT2D eigenvalue weighted by Gasteiger charge is 2.23. The van der Waals surface area contributed by atoms with Crippen LogP contribution in [0.5, 0.6) is 0 Å². The van der Waals surface area contributed by atoms with Crippen LogP contribution in [0.3, 0.4) is 0 Å². The Hall–Kier alpha value is -0.440. The first-order valence-electron chi connectivity index (χ1n) is 5.72. The van der Waals surface area contributed by atoms with E-state index in [0.29, 0.717) is 10.0 Å². The number of nitrogens with one attached hydrogen (secondary N) is 2. The van der Waals surface area contributed by atoms with Crippen molar-refractivity contribution in [2.75, 3.05) is 12.8 Å². The summed E-state index contributed by atoms with van der Waals surface area (Å²) in [6.45, 7) is 3.58. The first kappa shape index (κ1) is 17.6. The highest BCUT2D eigenvalue weighted by Crippen LogP contribution is 2.21. The quantitative estimate of drug-likeness (QED) is 0.756. The van der Waals surface area contributed by atoms with Gasteiger partial charge in [0.05, 0.1) is 11.8 Å². The standard InChI is InChI=1S/C12H16Br2N2O3S/c1-12(2,16-20(3,18)19)7-15-11(17)9-6-8(13)4-5-10(9)14/h4-6,16H,7H2,1-3H3,(H,15,17). The summed E-state index contributed by atoms with van der Waals surface area (Å²) in [7, 11) is -3.33. The largest absolute Gasteiger partial charge is 0.350 e. The first-order chi connectivity index (χ1) is 9.00. The van der Waals surface area contributed by atoms with E-state index in [1.165, 1.54) is 0 Å². The molecule has 0 atom stereocenters. The number of carbonyl (C=O) groups is 1. The van der Waals surface area contributed by atoms with E-state index in [1.807, 2.05) is 6.07 Å². The van der Waals surface area contributed by atoms with Gasteiger partial charge in [-0.1, -0.05) is 15.9 Å². The summed E-state index contributed by atoms with van der Waals surface area (Å²) >= 11 is 6.61. The molecule has 0 saturated heterocycles. The third-order valence-electron chi connectivity index (χ3n) is 2.33. The van der Waals surface area contributed by atoms with Gasteiger partial charge in [-0.25, -0.2) is 13.1 Å². The Morgan fingerprint density at radius 3 is 2.45 bits per heavy atom. The van der Waals surface area contributed by atoms with Crippen molar-refractivity contribution in [3.8, 4) is 0 Å². The van der Waals surface area contributed by atoms with Gasteiger partial charge in [-0.3, -0.25) is 4.79 Å². The number of rotatable bonds is 5. The van der Waals surface area contributed by atoms with Gasteiger partial charge in [-0.05, 0) is 48.0 Å². The molecule has 0 saturated carbocycles. The summed E-state index contributed by atoms with van der Waals surface area (Å²) < 4.78 is 26.4. The van der Waals surface area contributed by atoms with Crippen molar-refractivity contribution in [3.05, 3.63) is 32.7 Å². The van der Waals surface area contributed by atoms with Crippen LogP contribution in [-0.2, 0) is 10.0 Å². The summed E-state index contributed by atoms with van der Waals surface area (Å²) in [4.78, 5) is 12.1. The smallest absolute Gasteiger partial charge is 0.252 e. The average molecular weight is 428 g/mol. The van der Waals surface area contributed by atoms with Gasteiger partial charge in [0.15, 0.2) is 0 Å². The molecule has 0 aliphatic carbocycles. The minimum absolute atomic E-state index is 0.178. The molecule has 1 aromatic rings. The Morgan fingerprint density at radius 2 is 1.90 bits per heavy atom. The van der Waals surface area contributed by atoms with E-state index in [9.17, 15) is 13.2 Å². The molecule has 5 nitrogen and oxygen atoms in total. The molecule has 0 aliphatic rings. The lowest BCUT2D eigenvalue weighted by Gasteiger charge is -2.25. The Bertz CT molecular complexity index is 615. The van der Waals surface area contributed by atoms with Crippen LogP contribution in [0.15, 0.2) is 27.1 Å². The number of carbonyl (C=O) groups excluding carboxylic acids is 1. The van der Waals surface area contributed by atoms with Crippen LogP contribution in [0.1, 0.15) is 24.2 Å². The van der Waals surface area contributed by atoms with E-state index < -0.39 is 15.6 Å². The molecule has 2 N–H and O–H groups in total. The second-order valence-electron chi connectivity index (χ2n) is 5.06. The summed E-state index contributed by atoms with van der Waals surface area (Å²) in [6.07, 6.45) is 1.08. The number of hydrogen-bond acceptors (Lipinski definition) is 3. The summed E-state index contributed by atoms with van der Waals surface area (Å²) in [5.41, 5.74) is -0.281. The number of amides is 1. The third-order valence-corrected chi connectivity index (χ3v) is 4.43. The SMILES string of the molecule is CC(C)(CNC(=O)c1cc(Br)ccc1Br)NS(C)(=O)=O. The monoisotopic (exact) mass is 426 g/mol. The molecule has 20 heavy (non-hydrogen) atoms. The van der Waals surface area contributed by atoms with E-state index >= 15 is 0 Å². The molecule has 0 unspecified atom stereocenters. The maximum atomic E-state index is 12.1. The number of benzene rings is 1. The fourth-order valence-electron chi connectivity index (χ4n) is 1.61. The molecular weight excluding hydrogens is 412 g/mol.